The van der Waals surface area contributed by atoms with Crippen molar-refractivity contribution in [3.8, 4) is 0 Å². The molecule has 5 rings (SSSR count). The molecular weight excluding hydrogens is 474 g/mol. The molecule has 10 heteroatoms. The number of carbonyl (C=O) groups is 1. The number of nitrogens with one attached hydrogen (secondary N) is 2. The number of hydrogen-bond donors (Lipinski definition) is 3. The normalized spacial score (nSPS) is 18.1. The van der Waals surface area contributed by atoms with E-state index in [0.717, 1.165) is 18.9 Å². The van der Waals surface area contributed by atoms with E-state index in [1.54, 1.807) is 36.4 Å². The van der Waals surface area contributed by atoms with E-state index in [1.807, 2.05) is 0 Å². The zero-order valence-corrected chi connectivity index (χ0v) is 19.5. The standard InChI is InChI=1S/C16H20FN3O.C10H7F3N2/c17-13-9-5-4-8-12(13)14-10-15(20-19-14)16(21)18-11-6-2-1-3-7-11;11-10(12,13)9-5-7(14)6-3-1-2-4-8(6)15-9/h4-5,8-9,11,15,20H,1-3,6-7,10H2,(H,18,21);1-5H,(H2,14,15). The molecule has 1 aliphatic heterocycles. The highest BCUT2D eigenvalue weighted by atomic mass is 19.4. The van der Waals surface area contributed by atoms with E-state index in [4.69, 9.17) is 5.73 Å². The number of amides is 1. The summed E-state index contributed by atoms with van der Waals surface area (Å²) in [5.74, 6) is -0.330. The van der Waals surface area contributed by atoms with Crippen molar-refractivity contribution in [3.05, 3.63) is 71.7 Å². The molecule has 1 aliphatic carbocycles. The average Bonchev–Trinajstić information content (AvgIpc) is 3.35. The molecule has 2 aromatic carbocycles. The number of alkyl halides is 3. The van der Waals surface area contributed by atoms with Gasteiger partial charge in [-0.1, -0.05) is 55.7 Å². The van der Waals surface area contributed by atoms with Crippen LogP contribution in [0.1, 0.15) is 49.8 Å². The van der Waals surface area contributed by atoms with Crippen LogP contribution in [0.25, 0.3) is 10.9 Å². The molecule has 1 atom stereocenters. The van der Waals surface area contributed by atoms with Gasteiger partial charge in [0.05, 0.1) is 11.2 Å². The minimum atomic E-state index is -4.46. The van der Waals surface area contributed by atoms with E-state index in [0.29, 0.717) is 23.1 Å². The molecule has 190 valence electrons. The van der Waals surface area contributed by atoms with Gasteiger partial charge in [0.2, 0.25) is 5.91 Å². The molecule has 6 nitrogen and oxygen atoms in total. The number of hydrazone groups is 1. The second-order valence-electron chi connectivity index (χ2n) is 8.88. The number of para-hydroxylation sites is 1. The summed E-state index contributed by atoms with van der Waals surface area (Å²) in [6, 6.07) is 13.7. The van der Waals surface area contributed by atoms with Gasteiger partial charge in [0.25, 0.3) is 0 Å². The Morgan fingerprint density at radius 1 is 1.03 bits per heavy atom. The van der Waals surface area contributed by atoms with Crippen LogP contribution < -0.4 is 16.5 Å². The van der Waals surface area contributed by atoms with Crippen molar-refractivity contribution in [3.63, 3.8) is 0 Å². The number of nitrogen functional groups attached to an aromatic ring is 1. The molecule has 36 heavy (non-hydrogen) atoms. The summed E-state index contributed by atoms with van der Waals surface area (Å²) >= 11 is 0. The van der Waals surface area contributed by atoms with E-state index in [1.165, 1.54) is 31.4 Å². The van der Waals surface area contributed by atoms with Crippen LogP contribution in [0, 0.1) is 5.82 Å². The molecule has 1 unspecified atom stereocenters. The molecule has 0 saturated heterocycles. The van der Waals surface area contributed by atoms with E-state index in [-0.39, 0.29) is 35.0 Å². The molecule has 1 fully saturated rings. The Labute approximate surface area is 206 Å². The monoisotopic (exact) mass is 501 g/mol. The van der Waals surface area contributed by atoms with Crippen LogP contribution in [-0.2, 0) is 11.0 Å². The van der Waals surface area contributed by atoms with Gasteiger partial charge in [0.15, 0.2) is 0 Å². The molecule has 1 aromatic heterocycles. The Kier molecular flexibility index (Phi) is 7.71. The molecule has 0 radical (unpaired) electrons. The van der Waals surface area contributed by atoms with Gasteiger partial charge >= 0.3 is 6.18 Å². The number of hydrogen-bond acceptors (Lipinski definition) is 5. The molecule has 2 aliphatic rings. The van der Waals surface area contributed by atoms with Gasteiger partial charge in [-0.15, -0.1) is 0 Å². The Morgan fingerprint density at radius 3 is 2.44 bits per heavy atom. The fourth-order valence-corrected chi connectivity index (χ4v) is 4.35. The maximum Gasteiger partial charge on any atom is 0.433 e. The van der Waals surface area contributed by atoms with Crippen molar-refractivity contribution in [2.24, 2.45) is 5.10 Å². The largest absolute Gasteiger partial charge is 0.433 e. The Balaban J connectivity index is 0.000000179. The highest BCUT2D eigenvalue weighted by Gasteiger charge is 2.33. The number of rotatable bonds is 3. The zero-order chi connectivity index (χ0) is 25.7. The molecule has 4 N–H and O–H groups in total. The number of halogens is 4. The van der Waals surface area contributed by atoms with Crippen LogP contribution in [0.3, 0.4) is 0 Å². The van der Waals surface area contributed by atoms with Gasteiger partial charge in [0, 0.05) is 29.1 Å². The quantitative estimate of drug-likeness (QED) is 0.432. The summed E-state index contributed by atoms with van der Waals surface area (Å²) in [6.45, 7) is 0. The van der Waals surface area contributed by atoms with Crippen LogP contribution >= 0.6 is 0 Å². The second kappa shape index (κ2) is 10.9. The minimum absolute atomic E-state index is 0.0306. The highest BCUT2D eigenvalue weighted by Crippen LogP contribution is 2.31. The first-order valence-electron chi connectivity index (χ1n) is 11.8. The van der Waals surface area contributed by atoms with Gasteiger partial charge in [0.1, 0.15) is 17.6 Å². The number of carbonyl (C=O) groups excluding carboxylic acids is 1. The summed E-state index contributed by atoms with van der Waals surface area (Å²) < 4.78 is 50.9. The summed E-state index contributed by atoms with van der Waals surface area (Å²) in [4.78, 5) is 15.7. The molecule has 0 bridgehead atoms. The van der Waals surface area contributed by atoms with E-state index < -0.39 is 11.9 Å². The lowest BCUT2D eigenvalue weighted by molar-refractivity contribution is -0.140. The first kappa shape index (κ1) is 25.4. The smallest absolute Gasteiger partial charge is 0.398 e. The summed E-state index contributed by atoms with van der Waals surface area (Å²) in [5.41, 5.74) is 8.81. The van der Waals surface area contributed by atoms with Crippen molar-refractivity contribution < 1.29 is 22.4 Å². The van der Waals surface area contributed by atoms with Crippen molar-refractivity contribution >= 4 is 28.2 Å². The Morgan fingerprint density at radius 2 is 1.72 bits per heavy atom. The van der Waals surface area contributed by atoms with Gasteiger partial charge in [-0.3, -0.25) is 10.2 Å². The number of fused-ring (bicyclic) bond motifs is 1. The van der Waals surface area contributed by atoms with Gasteiger partial charge in [-0.2, -0.15) is 18.3 Å². The van der Waals surface area contributed by atoms with Crippen LogP contribution in [0.5, 0.6) is 0 Å². The van der Waals surface area contributed by atoms with Crippen LogP contribution in [0.2, 0.25) is 0 Å². The number of benzene rings is 2. The first-order valence-corrected chi connectivity index (χ1v) is 11.8. The molecule has 3 aromatic rings. The molecule has 1 amide bonds. The van der Waals surface area contributed by atoms with Crippen LogP contribution in [0.4, 0.5) is 23.2 Å². The van der Waals surface area contributed by atoms with Crippen molar-refractivity contribution in [1.82, 2.24) is 15.7 Å². The number of aromatic nitrogens is 1. The summed E-state index contributed by atoms with van der Waals surface area (Å²) in [5, 5.41) is 7.74. The molecule has 1 saturated carbocycles. The predicted molar refractivity (Wildman–Crippen MR) is 131 cm³/mol. The predicted octanol–water partition coefficient (Wildman–Crippen LogP) is 5.18. The molecule has 2 heterocycles. The maximum absolute atomic E-state index is 13.7. The second-order valence-corrected chi connectivity index (χ2v) is 8.88. The lowest BCUT2D eigenvalue weighted by Gasteiger charge is -2.24. The van der Waals surface area contributed by atoms with Crippen molar-refractivity contribution in [2.75, 3.05) is 5.73 Å². The maximum atomic E-state index is 13.7. The first-order chi connectivity index (χ1) is 17.2. The van der Waals surface area contributed by atoms with Crippen molar-refractivity contribution in [2.45, 2.75) is 56.8 Å². The fourth-order valence-electron chi connectivity index (χ4n) is 4.35. The number of anilines is 1. The van der Waals surface area contributed by atoms with E-state index in [9.17, 15) is 22.4 Å². The number of nitrogens with zero attached hydrogens (tertiary/aromatic N) is 2. The molecule has 0 spiro atoms. The van der Waals surface area contributed by atoms with Gasteiger partial charge < -0.3 is 11.1 Å². The number of pyridine rings is 1. The van der Waals surface area contributed by atoms with E-state index in [2.05, 4.69) is 20.8 Å². The average molecular weight is 502 g/mol. The van der Waals surface area contributed by atoms with E-state index >= 15 is 0 Å². The summed E-state index contributed by atoms with van der Waals surface area (Å²) in [7, 11) is 0. The third kappa shape index (κ3) is 6.10. The summed E-state index contributed by atoms with van der Waals surface area (Å²) in [6.07, 6.45) is 1.70. The topological polar surface area (TPSA) is 92.4 Å². The Hall–Kier alpha value is -3.69. The highest BCUT2D eigenvalue weighted by molar-refractivity contribution is 6.05. The minimum Gasteiger partial charge on any atom is -0.398 e. The van der Waals surface area contributed by atoms with Crippen LogP contribution in [-0.4, -0.2) is 28.7 Å². The molecular formula is C26H27F4N5O. The third-order valence-corrected chi connectivity index (χ3v) is 6.24. The van der Waals surface area contributed by atoms with Gasteiger partial charge in [-0.05, 0) is 31.0 Å². The van der Waals surface area contributed by atoms with Gasteiger partial charge in [-0.25, -0.2) is 9.37 Å². The Bertz CT molecular complexity index is 1250. The number of nitrogens with two attached hydrogens (primary N) is 1. The third-order valence-electron chi connectivity index (χ3n) is 6.24. The SMILES string of the molecule is Nc1cc(C(F)(F)F)nc2ccccc12.O=C(NC1CCCCC1)C1CC(c2ccccc2F)=NN1. The van der Waals surface area contributed by atoms with Crippen LogP contribution in [0.15, 0.2) is 59.7 Å². The lowest BCUT2D eigenvalue weighted by atomic mass is 9.95. The lowest BCUT2D eigenvalue weighted by Crippen LogP contribution is -2.45. The zero-order valence-electron chi connectivity index (χ0n) is 19.5. The van der Waals surface area contributed by atoms with Crippen molar-refractivity contribution in [1.29, 1.82) is 0 Å². The fraction of sp³-hybridized carbons (Fsp3) is 0.346.